The molecule has 2 saturated heterocycles. The normalized spacial score (nSPS) is 26.9. The lowest BCUT2D eigenvalue weighted by Gasteiger charge is -2.27. The predicted octanol–water partition coefficient (Wildman–Crippen LogP) is 3.43. The van der Waals surface area contributed by atoms with Crippen LogP contribution in [0.15, 0.2) is 36.5 Å². The van der Waals surface area contributed by atoms with E-state index in [4.69, 9.17) is 15.2 Å². The number of carbonyl (C=O) groups excluding carboxylic acids is 2. The molecule has 3 aliphatic rings. The van der Waals surface area contributed by atoms with Gasteiger partial charge in [-0.2, -0.15) is 5.26 Å². The number of aromatic nitrogens is 1. The lowest BCUT2D eigenvalue weighted by atomic mass is 9.89. The number of benzene rings is 1. The summed E-state index contributed by atoms with van der Waals surface area (Å²) in [6.07, 6.45) is 0.625. The quantitative estimate of drug-likeness (QED) is 0.692. The number of nitrogens with two attached hydrogens (primary N) is 1. The molecule has 188 valence electrons. The summed E-state index contributed by atoms with van der Waals surface area (Å²) in [4.78, 5) is 32.2. The second-order valence-electron chi connectivity index (χ2n) is 10.5. The van der Waals surface area contributed by atoms with Gasteiger partial charge >= 0.3 is 12.2 Å². The van der Waals surface area contributed by atoms with Gasteiger partial charge in [-0.25, -0.2) is 14.0 Å². The number of carbonyl (C=O) groups is 2. The topological polar surface area (TPSA) is 122 Å². The summed E-state index contributed by atoms with van der Waals surface area (Å²) in [5.41, 5.74) is 5.86. The van der Waals surface area contributed by atoms with Crippen molar-refractivity contribution in [3.8, 4) is 17.2 Å². The van der Waals surface area contributed by atoms with E-state index in [1.807, 2.05) is 20.8 Å². The maximum atomic E-state index is 15.5. The molecule has 3 fully saturated rings. The Kier molecular flexibility index (Phi) is 5.63. The van der Waals surface area contributed by atoms with Gasteiger partial charge in [0.25, 0.3) is 0 Å². The first-order valence-corrected chi connectivity index (χ1v) is 11.9. The molecule has 3 atom stereocenters. The zero-order valence-electron chi connectivity index (χ0n) is 20.4. The maximum absolute atomic E-state index is 15.5. The van der Waals surface area contributed by atoms with E-state index in [1.165, 1.54) is 11.0 Å². The molecule has 1 aliphatic carbocycles. The average Bonchev–Trinajstić information content (AvgIpc) is 3.13. The van der Waals surface area contributed by atoms with Crippen molar-refractivity contribution in [3.63, 3.8) is 0 Å². The molecular formula is C26H28FN5O4. The number of nitrogens with zero attached hydrogens (tertiary/aromatic N) is 4. The van der Waals surface area contributed by atoms with Gasteiger partial charge in [-0.3, -0.25) is 9.88 Å². The Hall–Kier alpha value is -3.71. The highest BCUT2D eigenvalue weighted by molar-refractivity contribution is 5.91. The highest BCUT2D eigenvalue weighted by Gasteiger charge is 2.72. The molecule has 0 bridgehead atoms. The number of rotatable bonds is 4. The number of hydrogen-bond acceptors (Lipinski definition) is 7. The number of fused-ring (bicyclic) bond motifs is 1. The molecule has 1 saturated carbocycles. The highest BCUT2D eigenvalue weighted by Crippen LogP contribution is 2.64. The molecule has 3 unspecified atom stereocenters. The first-order valence-electron chi connectivity index (χ1n) is 11.9. The van der Waals surface area contributed by atoms with Crippen LogP contribution in [0.2, 0.25) is 0 Å². The van der Waals surface area contributed by atoms with E-state index >= 15 is 4.39 Å². The molecule has 9 nitrogen and oxygen atoms in total. The van der Waals surface area contributed by atoms with E-state index in [0.717, 1.165) is 0 Å². The standard InChI is InChI=1S/C26H28FN5O4/c1-25(2,3)36-23(33)31-11-19-20(12-31)26(19,14-29)22-18(5-4-8-30-22)17-7-6-15(9-21(17)27)32-16(10-28)13-35-24(32)34/h4-9,16,19-20H,10-13,28H2,1-3H3. The summed E-state index contributed by atoms with van der Waals surface area (Å²) < 4.78 is 26.0. The minimum absolute atomic E-state index is 0.115. The fourth-order valence-electron chi connectivity index (χ4n) is 5.45. The summed E-state index contributed by atoms with van der Waals surface area (Å²) in [5.74, 6) is -0.780. The first-order chi connectivity index (χ1) is 17.1. The third-order valence-corrected chi connectivity index (χ3v) is 7.17. The number of likely N-dealkylation sites (tertiary alicyclic amines) is 1. The smallest absolute Gasteiger partial charge is 0.414 e. The fraction of sp³-hybridized carbons (Fsp3) is 0.462. The Morgan fingerprint density at radius 2 is 2.03 bits per heavy atom. The summed E-state index contributed by atoms with van der Waals surface area (Å²) in [6.45, 7) is 6.53. The van der Waals surface area contributed by atoms with E-state index in [-0.39, 0.29) is 36.6 Å². The zero-order chi connectivity index (χ0) is 25.8. The first kappa shape index (κ1) is 24.0. The van der Waals surface area contributed by atoms with Crippen LogP contribution in [-0.2, 0) is 14.9 Å². The number of hydrogen-bond donors (Lipinski definition) is 1. The molecule has 36 heavy (non-hydrogen) atoms. The van der Waals surface area contributed by atoms with Crippen LogP contribution in [0.5, 0.6) is 0 Å². The molecule has 2 amide bonds. The molecule has 3 heterocycles. The minimum Gasteiger partial charge on any atom is -0.447 e. The molecule has 0 radical (unpaired) electrons. The van der Waals surface area contributed by atoms with Crippen LogP contribution >= 0.6 is 0 Å². The molecule has 0 spiro atoms. The van der Waals surface area contributed by atoms with Crippen molar-refractivity contribution >= 4 is 17.9 Å². The fourth-order valence-corrected chi connectivity index (χ4v) is 5.45. The van der Waals surface area contributed by atoms with Crippen LogP contribution in [0.1, 0.15) is 26.5 Å². The third-order valence-electron chi connectivity index (χ3n) is 7.17. The summed E-state index contributed by atoms with van der Waals surface area (Å²) in [5, 5.41) is 10.3. The van der Waals surface area contributed by atoms with Crippen molar-refractivity contribution in [1.82, 2.24) is 9.88 Å². The average molecular weight is 494 g/mol. The van der Waals surface area contributed by atoms with Crippen LogP contribution in [0.3, 0.4) is 0 Å². The SMILES string of the molecule is CC(C)(C)OC(=O)N1CC2C(C1)C2(C#N)c1ncccc1-c1ccc(N2C(=O)OCC2CN)cc1F. The highest BCUT2D eigenvalue weighted by atomic mass is 19.1. The van der Waals surface area contributed by atoms with Crippen molar-refractivity contribution in [3.05, 3.63) is 48.0 Å². The van der Waals surface area contributed by atoms with Crippen LogP contribution < -0.4 is 10.6 Å². The molecule has 2 N–H and O–H groups in total. The van der Waals surface area contributed by atoms with E-state index < -0.39 is 29.0 Å². The summed E-state index contributed by atoms with van der Waals surface area (Å²) in [6, 6.07) is 10.0. The Morgan fingerprint density at radius 3 is 2.64 bits per heavy atom. The van der Waals surface area contributed by atoms with E-state index in [1.54, 1.807) is 35.4 Å². The number of pyridine rings is 1. The molecule has 5 rings (SSSR count). The van der Waals surface area contributed by atoms with Gasteiger partial charge < -0.3 is 20.1 Å². The number of nitriles is 1. The Morgan fingerprint density at radius 1 is 1.31 bits per heavy atom. The molecule has 2 aromatic rings. The lowest BCUT2D eigenvalue weighted by Crippen LogP contribution is -2.39. The number of piperidine rings is 1. The van der Waals surface area contributed by atoms with Gasteiger partial charge in [0.2, 0.25) is 0 Å². The number of cyclic esters (lactones) is 1. The number of ether oxygens (including phenoxy) is 2. The van der Waals surface area contributed by atoms with Gasteiger partial charge in [-0.05, 0) is 45.0 Å². The lowest BCUT2D eigenvalue weighted by molar-refractivity contribution is 0.0265. The van der Waals surface area contributed by atoms with Crippen molar-refractivity contribution in [2.75, 3.05) is 31.1 Å². The number of halogens is 1. The molecule has 10 heteroatoms. The Labute approximate surface area is 208 Å². The van der Waals surface area contributed by atoms with Crippen molar-refractivity contribution in [2.45, 2.75) is 37.8 Å². The maximum Gasteiger partial charge on any atom is 0.414 e. The van der Waals surface area contributed by atoms with Gasteiger partial charge in [0.15, 0.2) is 0 Å². The van der Waals surface area contributed by atoms with Crippen molar-refractivity contribution in [2.24, 2.45) is 17.6 Å². The van der Waals surface area contributed by atoms with E-state index in [2.05, 4.69) is 11.1 Å². The van der Waals surface area contributed by atoms with E-state index in [9.17, 15) is 14.9 Å². The third kappa shape index (κ3) is 3.75. The van der Waals surface area contributed by atoms with Crippen molar-refractivity contribution < 1.29 is 23.5 Å². The van der Waals surface area contributed by atoms with Crippen molar-refractivity contribution in [1.29, 1.82) is 5.26 Å². The van der Waals surface area contributed by atoms with Gasteiger partial charge in [0, 0.05) is 48.8 Å². The minimum atomic E-state index is -0.913. The largest absolute Gasteiger partial charge is 0.447 e. The molecule has 2 aliphatic heterocycles. The van der Waals surface area contributed by atoms with E-state index in [0.29, 0.717) is 30.0 Å². The van der Waals surface area contributed by atoms with Crippen LogP contribution in [0.4, 0.5) is 19.7 Å². The summed E-state index contributed by atoms with van der Waals surface area (Å²) in [7, 11) is 0. The molecule has 1 aromatic heterocycles. The molecule has 1 aromatic carbocycles. The van der Waals surface area contributed by atoms with Gasteiger partial charge in [0.05, 0.1) is 23.5 Å². The van der Waals surface area contributed by atoms with Crippen LogP contribution in [-0.4, -0.2) is 60.0 Å². The summed E-state index contributed by atoms with van der Waals surface area (Å²) >= 11 is 0. The Bertz CT molecular complexity index is 1260. The van der Waals surface area contributed by atoms with Crippen LogP contribution in [0.25, 0.3) is 11.1 Å². The molecular weight excluding hydrogens is 465 g/mol. The Balaban J connectivity index is 1.43. The van der Waals surface area contributed by atoms with Crippen LogP contribution in [0, 0.1) is 29.0 Å². The van der Waals surface area contributed by atoms with Gasteiger partial charge in [-0.15, -0.1) is 0 Å². The predicted molar refractivity (Wildman–Crippen MR) is 128 cm³/mol. The second-order valence-corrected chi connectivity index (χ2v) is 10.5. The van der Waals surface area contributed by atoms with Gasteiger partial charge in [-0.1, -0.05) is 6.07 Å². The second kappa shape index (κ2) is 8.45. The monoisotopic (exact) mass is 493 g/mol. The number of anilines is 1. The van der Waals surface area contributed by atoms with Gasteiger partial charge in [0.1, 0.15) is 23.4 Å². The zero-order valence-corrected chi connectivity index (χ0v) is 20.4. The number of amides is 2.